The molecule has 0 radical (unpaired) electrons. The van der Waals surface area contributed by atoms with Gasteiger partial charge in [-0.3, -0.25) is 4.79 Å². The molecule has 0 saturated heterocycles. The molecule has 3 aromatic carbocycles. The first-order valence-corrected chi connectivity index (χ1v) is 7.86. The van der Waals surface area contributed by atoms with Gasteiger partial charge in [-0.15, -0.1) is 0 Å². The van der Waals surface area contributed by atoms with Crippen molar-refractivity contribution in [3.63, 3.8) is 0 Å². The zero-order valence-corrected chi connectivity index (χ0v) is 13.2. The van der Waals surface area contributed by atoms with Crippen LogP contribution in [0.25, 0.3) is 0 Å². The fourth-order valence-electron chi connectivity index (χ4n) is 3.03. The van der Waals surface area contributed by atoms with Crippen molar-refractivity contribution in [2.75, 3.05) is 6.61 Å². The third-order valence-corrected chi connectivity index (χ3v) is 4.09. The molecular weight excluding hydrogens is 298 g/mol. The second-order valence-electron chi connectivity index (χ2n) is 5.55. The number of aliphatic hydroxyl groups is 1. The van der Waals surface area contributed by atoms with E-state index in [9.17, 15) is 9.90 Å². The van der Waals surface area contributed by atoms with Gasteiger partial charge >= 0.3 is 0 Å². The topological polar surface area (TPSA) is 49.3 Å². The van der Waals surface area contributed by atoms with Gasteiger partial charge in [0.2, 0.25) is 5.91 Å². The van der Waals surface area contributed by atoms with Crippen LogP contribution in [-0.2, 0) is 10.3 Å². The Morgan fingerprint density at radius 3 is 1.33 bits per heavy atom. The summed E-state index contributed by atoms with van der Waals surface area (Å²) in [7, 11) is 0. The molecule has 0 aliphatic heterocycles. The maximum atomic E-state index is 12.2. The number of rotatable bonds is 5. The summed E-state index contributed by atoms with van der Waals surface area (Å²) in [6, 6.07) is 29.4. The minimum atomic E-state index is -0.858. The molecule has 0 spiro atoms. The number of aliphatic hydroxyl groups excluding tert-OH is 1. The summed E-state index contributed by atoms with van der Waals surface area (Å²) in [6.07, 6.45) is 0. The highest BCUT2D eigenvalue weighted by Crippen LogP contribution is 2.36. The van der Waals surface area contributed by atoms with Crippen molar-refractivity contribution in [1.82, 2.24) is 5.32 Å². The Kier molecular flexibility index (Phi) is 4.73. The highest BCUT2D eigenvalue weighted by atomic mass is 16.3. The van der Waals surface area contributed by atoms with Crippen LogP contribution in [0.1, 0.15) is 16.7 Å². The Hall–Kier alpha value is -2.91. The largest absolute Gasteiger partial charge is 0.387 e. The number of nitrogens with one attached hydrogen (secondary N) is 1. The molecule has 0 aromatic heterocycles. The van der Waals surface area contributed by atoms with Crippen molar-refractivity contribution in [3.05, 3.63) is 108 Å². The van der Waals surface area contributed by atoms with Crippen LogP contribution in [0.5, 0.6) is 0 Å². The Morgan fingerprint density at radius 1 is 0.708 bits per heavy atom. The molecule has 0 heterocycles. The monoisotopic (exact) mass is 317 g/mol. The molecule has 1 amide bonds. The van der Waals surface area contributed by atoms with Crippen LogP contribution < -0.4 is 5.32 Å². The average molecular weight is 317 g/mol. The summed E-state index contributed by atoms with van der Waals surface area (Å²) in [5, 5.41) is 12.4. The quantitative estimate of drug-likeness (QED) is 0.711. The molecule has 3 nitrogen and oxygen atoms in total. The molecule has 120 valence electrons. The third-order valence-electron chi connectivity index (χ3n) is 4.09. The highest BCUT2D eigenvalue weighted by molar-refractivity contribution is 5.80. The van der Waals surface area contributed by atoms with Crippen LogP contribution in [0.4, 0.5) is 0 Å². The minimum absolute atomic E-state index is 0.424. The number of carbonyl (C=O) groups is 1. The van der Waals surface area contributed by atoms with Gasteiger partial charge in [-0.2, -0.15) is 0 Å². The van der Waals surface area contributed by atoms with Crippen LogP contribution in [0.15, 0.2) is 91.0 Å². The van der Waals surface area contributed by atoms with Gasteiger partial charge in [-0.1, -0.05) is 91.0 Å². The minimum Gasteiger partial charge on any atom is -0.387 e. The lowest BCUT2D eigenvalue weighted by Gasteiger charge is -2.36. The molecule has 3 rings (SSSR count). The van der Waals surface area contributed by atoms with Crippen LogP contribution in [0, 0.1) is 0 Å². The second kappa shape index (κ2) is 7.11. The van der Waals surface area contributed by atoms with E-state index in [-0.39, 0.29) is 0 Å². The molecular formula is C21H19NO2. The number of hydrogen-bond acceptors (Lipinski definition) is 2. The molecule has 0 aliphatic carbocycles. The fourth-order valence-corrected chi connectivity index (χ4v) is 3.03. The Bertz CT molecular complexity index is 689. The van der Waals surface area contributed by atoms with E-state index in [1.54, 1.807) is 0 Å². The first-order valence-electron chi connectivity index (χ1n) is 7.86. The van der Waals surface area contributed by atoms with Crippen LogP contribution >= 0.6 is 0 Å². The van der Waals surface area contributed by atoms with E-state index in [4.69, 9.17) is 0 Å². The third kappa shape index (κ3) is 2.94. The van der Waals surface area contributed by atoms with Gasteiger partial charge in [0.25, 0.3) is 0 Å². The smallest absolute Gasteiger partial charge is 0.246 e. The normalized spacial score (nSPS) is 11.0. The molecule has 0 aliphatic rings. The molecule has 0 bridgehead atoms. The number of amides is 1. The van der Waals surface area contributed by atoms with E-state index in [2.05, 4.69) is 5.32 Å². The van der Waals surface area contributed by atoms with Crippen molar-refractivity contribution < 1.29 is 9.90 Å². The number of benzene rings is 3. The predicted octanol–water partition coefficient (Wildman–Crippen LogP) is 3.09. The summed E-state index contributed by atoms with van der Waals surface area (Å²) in [4.78, 5) is 12.2. The van der Waals surface area contributed by atoms with Gasteiger partial charge in [-0.05, 0) is 16.7 Å². The Morgan fingerprint density at radius 2 is 1.04 bits per heavy atom. The molecule has 2 N–H and O–H groups in total. The summed E-state index contributed by atoms with van der Waals surface area (Å²) < 4.78 is 0. The fraction of sp³-hybridized carbons (Fsp3) is 0.0952. The van der Waals surface area contributed by atoms with Crippen LogP contribution in [-0.4, -0.2) is 17.6 Å². The zero-order valence-electron chi connectivity index (χ0n) is 13.2. The molecule has 0 saturated carbocycles. The Balaban J connectivity index is 2.30. The lowest BCUT2D eigenvalue weighted by molar-refractivity contribution is -0.125. The maximum absolute atomic E-state index is 12.2. The van der Waals surface area contributed by atoms with Crippen molar-refractivity contribution in [3.8, 4) is 0 Å². The predicted molar refractivity (Wildman–Crippen MR) is 94.4 cm³/mol. The van der Waals surface area contributed by atoms with Crippen molar-refractivity contribution in [2.24, 2.45) is 0 Å². The first kappa shape index (κ1) is 16.0. The lowest BCUT2D eigenvalue weighted by Crippen LogP contribution is -2.48. The summed E-state index contributed by atoms with van der Waals surface area (Å²) in [5.41, 5.74) is 1.95. The molecule has 0 unspecified atom stereocenters. The van der Waals surface area contributed by atoms with Gasteiger partial charge in [-0.25, -0.2) is 0 Å². The van der Waals surface area contributed by atoms with Crippen molar-refractivity contribution in [1.29, 1.82) is 0 Å². The molecule has 3 heteroatoms. The van der Waals surface area contributed by atoms with Crippen LogP contribution in [0.2, 0.25) is 0 Å². The molecule has 24 heavy (non-hydrogen) atoms. The number of hydrogen-bond donors (Lipinski definition) is 2. The first-order chi connectivity index (χ1) is 11.8. The van der Waals surface area contributed by atoms with E-state index >= 15 is 0 Å². The van der Waals surface area contributed by atoms with Gasteiger partial charge in [0.15, 0.2) is 0 Å². The van der Waals surface area contributed by atoms with Gasteiger partial charge in [0, 0.05) is 0 Å². The lowest BCUT2D eigenvalue weighted by atomic mass is 9.77. The van der Waals surface area contributed by atoms with E-state index in [1.165, 1.54) is 0 Å². The Labute approximate surface area is 141 Å². The molecule has 3 aromatic rings. The van der Waals surface area contributed by atoms with Gasteiger partial charge in [0.05, 0.1) is 0 Å². The van der Waals surface area contributed by atoms with Gasteiger partial charge < -0.3 is 10.4 Å². The standard InChI is InChI=1S/C21H19NO2/c23-16-20(24)22-21(17-10-4-1-5-11-17,18-12-6-2-7-13-18)19-14-8-3-9-15-19/h1-15,23H,16H2,(H,22,24). The zero-order chi connectivity index (χ0) is 16.8. The molecule has 0 atom stereocenters. The number of carbonyl (C=O) groups excluding carboxylic acids is 1. The van der Waals surface area contributed by atoms with Crippen molar-refractivity contribution in [2.45, 2.75) is 5.54 Å². The van der Waals surface area contributed by atoms with E-state index in [0.717, 1.165) is 16.7 Å². The van der Waals surface area contributed by atoms with E-state index in [0.29, 0.717) is 0 Å². The highest BCUT2D eigenvalue weighted by Gasteiger charge is 2.37. The van der Waals surface area contributed by atoms with Gasteiger partial charge in [0.1, 0.15) is 12.1 Å². The molecule has 0 fully saturated rings. The average Bonchev–Trinajstić information content (AvgIpc) is 2.68. The van der Waals surface area contributed by atoms with Crippen molar-refractivity contribution >= 4 is 5.91 Å². The SMILES string of the molecule is O=C(CO)NC(c1ccccc1)(c1ccccc1)c1ccccc1. The summed E-state index contributed by atoms with van der Waals surface area (Å²) in [6.45, 7) is -0.561. The van der Waals surface area contributed by atoms with E-state index in [1.807, 2.05) is 91.0 Å². The summed E-state index contributed by atoms with van der Waals surface area (Å²) >= 11 is 0. The second-order valence-corrected chi connectivity index (χ2v) is 5.55. The van der Waals surface area contributed by atoms with E-state index < -0.39 is 18.1 Å². The maximum Gasteiger partial charge on any atom is 0.246 e. The van der Waals surface area contributed by atoms with Crippen LogP contribution in [0.3, 0.4) is 0 Å². The summed E-state index contributed by atoms with van der Waals surface area (Å²) in [5.74, 6) is -0.424.